The Hall–Kier alpha value is -1.45. The van der Waals surface area contributed by atoms with Gasteiger partial charge in [-0.05, 0) is 24.6 Å². The van der Waals surface area contributed by atoms with Gasteiger partial charge in [0.2, 0.25) is 10.0 Å². The predicted octanol–water partition coefficient (Wildman–Crippen LogP) is 1.14. The van der Waals surface area contributed by atoms with E-state index >= 15 is 0 Å². The second-order valence-corrected chi connectivity index (χ2v) is 7.72. The van der Waals surface area contributed by atoms with Crippen molar-refractivity contribution in [1.82, 2.24) is 19.1 Å². The second kappa shape index (κ2) is 5.08. The summed E-state index contributed by atoms with van der Waals surface area (Å²) in [6.45, 7) is 2.86. The summed E-state index contributed by atoms with van der Waals surface area (Å²) >= 11 is 3.29. The third-order valence-corrected chi connectivity index (χ3v) is 6.02. The molecule has 1 aliphatic rings. The second-order valence-electron chi connectivity index (χ2n) is 4.90. The van der Waals surface area contributed by atoms with Crippen LogP contribution in [0.5, 0.6) is 0 Å². The minimum atomic E-state index is -3.62. The van der Waals surface area contributed by atoms with Crippen molar-refractivity contribution in [2.45, 2.75) is 24.9 Å². The molecule has 112 valence electrons. The number of rotatable bonds is 2. The molecule has 0 unspecified atom stereocenters. The lowest BCUT2D eigenvalue weighted by Crippen LogP contribution is -2.38. The molecule has 0 amide bonds. The van der Waals surface area contributed by atoms with Crippen molar-refractivity contribution in [3.05, 3.63) is 34.3 Å². The Morgan fingerprint density at radius 2 is 2.10 bits per heavy atom. The zero-order valence-electron chi connectivity index (χ0n) is 11.3. The fraction of sp³-hybridized carbons (Fsp3) is 0.333. The minimum absolute atomic E-state index is 0.216. The number of nitrogens with two attached hydrogens (primary N) is 1. The van der Waals surface area contributed by atoms with Crippen LogP contribution < -0.4 is 5.73 Å². The average molecular weight is 372 g/mol. The molecule has 0 radical (unpaired) electrons. The van der Waals surface area contributed by atoms with Gasteiger partial charge >= 0.3 is 0 Å². The van der Waals surface area contributed by atoms with Crippen molar-refractivity contribution in [2.75, 3.05) is 12.3 Å². The van der Waals surface area contributed by atoms with Gasteiger partial charge in [-0.25, -0.2) is 8.42 Å². The van der Waals surface area contributed by atoms with Crippen LogP contribution >= 0.6 is 15.9 Å². The first-order chi connectivity index (χ1) is 9.89. The number of fused-ring (bicyclic) bond motifs is 1. The SMILES string of the molecule is Cc1c(N)cc(Br)cc1S(=O)(=O)N1CCn2cnnc2C1. The highest BCUT2D eigenvalue weighted by atomic mass is 79.9. The molecule has 2 heterocycles. The van der Waals surface area contributed by atoms with E-state index in [1.54, 1.807) is 25.4 Å². The van der Waals surface area contributed by atoms with E-state index in [9.17, 15) is 8.42 Å². The van der Waals surface area contributed by atoms with Crippen LogP contribution in [-0.2, 0) is 23.1 Å². The van der Waals surface area contributed by atoms with Gasteiger partial charge in [0.15, 0.2) is 0 Å². The summed E-state index contributed by atoms with van der Waals surface area (Å²) in [7, 11) is -3.62. The van der Waals surface area contributed by atoms with Crippen molar-refractivity contribution in [2.24, 2.45) is 0 Å². The Kier molecular flexibility index (Phi) is 3.50. The summed E-state index contributed by atoms with van der Waals surface area (Å²) in [5.74, 6) is 0.644. The molecule has 3 rings (SSSR count). The number of aromatic nitrogens is 3. The Morgan fingerprint density at radius 1 is 1.33 bits per heavy atom. The van der Waals surface area contributed by atoms with Gasteiger partial charge < -0.3 is 10.3 Å². The summed E-state index contributed by atoms with van der Waals surface area (Å²) in [6.07, 6.45) is 1.61. The summed E-state index contributed by atoms with van der Waals surface area (Å²) in [5.41, 5.74) is 6.88. The molecule has 7 nitrogen and oxygen atoms in total. The maximum atomic E-state index is 12.8. The summed E-state index contributed by atoms with van der Waals surface area (Å²) in [6, 6.07) is 3.28. The van der Waals surface area contributed by atoms with Gasteiger partial charge in [-0.1, -0.05) is 15.9 Å². The van der Waals surface area contributed by atoms with E-state index in [4.69, 9.17) is 5.73 Å². The molecule has 0 aliphatic carbocycles. The number of halogens is 1. The number of benzene rings is 1. The number of hydrogen-bond donors (Lipinski definition) is 1. The number of nitrogen functional groups attached to an aromatic ring is 1. The zero-order chi connectivity index (χ0) is 15.2. The molecule has 0 saturated carbocycles. The smallest absolute Gasteiger partial charge is 0.243 e. The minimum Gasteiger partial charge on any atom is -0.398 e. The van der Waals surface area contributed by atoms with Crippen LogP contribution in [0.15, 0.2) is 27.8 Å². The molecule has 0 bridgehead atoms. The quantitative estimate of drug-likeness (QED) is 0.798. The van der Waals surface area contributed by atoms with E-state index in [0.717, 1.165) is 0 Å². The van der Waals surface area contributed by atoms with Gasteiger partial charge in [0.25, 0.3) is 0 Å². The molecule has 21 heavy (non-hydrogen) atoms. The third kappa shape index (κ3) is 2.45. The fourth-order valence-corrected chi connectivity index (χ4v) is 4.62. The molecule has 0 spiro atoms. The highest BCUT2D eigenvalue weighted by Crippen LogP contribution is 2.29. The van der Waals surface area contributed by atoms with E-state index in [1.807, 2.05) is 4.57 Å². The molecule has 1 aromatic carbocycles. The van der Waals surface area contributed by atoms with Crippen molar-refractivity contribution in [3.63, 3.8) is 0 Å². The Morgan fingerprint density at radius 3 is 2.86 bits per heavy atom. The van der Waals surface area contributed by atoms with Crippen LogP contribution in [0.4, 0.5) is 5.69 Å². The van der Waals surface area contributed by atoms with E-state index in [-0.39, 0.29) is 11.4 Å². The van der Waals surface area contributed by atoms with Gasteiger partial charge in [0.1, 0.15) is 12.2 Å². The highest BCUT2D eigenvalue weighted by Gasteiger charge is 2.31. The van der Waals surface area contributed by atoms with Crippen LogP contribution in [0, 0.1) is 6.92 Å². The first-order valence-electron chi connectivity index (χ1n) is 6.32. The Balaban J connectivity index is 2.03. The summed E-state index contributed by atoms with van der Waals surface area (Å²) in [4.78, 5) is 0.224. The topological polar surface area (TPSA) is 94.1 Å². The van der Waals surface area contributed by atoms with Gasteiger partial charge in [-0.3, -0.25) is 0 Å². The van der Waals surface area contributed by atoms with Gasteiger partial charge in [-0.2, -0.15) is 4.31 Å². The molecule has 0 atom stereocenters. The van der Waals surface area contributed by atoms with Gasteiger partial charge in [0.05, 0.1) is 11.4 Å². The summed E-state index contributed by atoms with van der Waals surface area (Å²) in [5, 5.41) is 7.75. The molecule has 0 saturated heterocycles. The molecular weight excluding hydrogens is 358 g/mol. The maximum absolute atomic E-state index is 12.8. The fourth-order valence-electron chi connectivity index (χ4n) is 2.33. The van der Waals surface area contributed by atoms with Crippen molar-refractivity contribution >= 4 is 31.6 Å². The van der Waals surface area contributed by atoms with Crippen LogP contribution in [-0.4, -0.2) is 34.0 Å². The van der Waals surface area contributed by atoms with Crippen LogP contribution in [0.2, 0.25) is 0 Å². The number of hydrogen-bond acceptors (Lipinski definition) is 5. The molecular formula is C12H14BrN5O2S. The van der Waals surface area contributed by atoms with Gasteiger partial charge in [-0.15, -0.1) is 10.2 Å². The van der Waals surface area contributed by atoms with Crippen LogP contribution in [0.3, 0.4) is 0 Å². The van der Waals surface area contributed by atoms with E-state index in [0.29, 0.717) is 34.6 Å². The third-order valence-electron chi connectivity index (χ3n) is 3.59. The van der Waals surface area contributed by atoms with E-state index in [2.05, 4.69) is 26.1 Å². The molecule has 9 heteroatoms. The predicted molar refractivity (Wildman–Crippen MR) is 80.9 cm³/mol. The lowest BCUT2D eigenvalue weighted by atomic mass is 10.2. The molecule has 0 fully saturated rings. The standard InChI is InChI=1S/C12H14BrN5O2S/c1-8-10(14)4-9(13)5-11(8)21(19,20)18-3-2-17-7-15-16-12(17)6-18/h4-5,7H,2-3,6,14H2,1H3. The van der Waals surface area contributed by atoms with Crippen molar-refractivity contribution in [3.8, 4) is 0 Å². The molecule has 2 aromatic rings. The molecule has 1 aliphatic heterocycles. The van der Waals surface area contributed by atoms with E-state index < -0.39 is 10.0 Å². The first kappa shape index (κ1) is 14.5. The highest BCUT2D eigenvalue weighted by molar-refractivity contribution is 9.10. The van der Waals surface area contributed by atoms with Crippen molar-refractivity contribution in [1.29, 1.82) is 0 Å². The number of anilines is 1. The van der Waals surface area contributed by atoms with E-state index in [1.165, 1.54) is 4.31 Å². The lowest BCUT2D eigenvalue weighted by molar-refractivity contribution is 0.335. The number of sulfonamides is 1. The summed E-state index contributed by atoms with van der Waals surface area (Å²) < 4.78 is 29.6. The average Bonchev–Trinajstić information content (AvgIpc) is 2.89. The molecule has 1 aromatic heterocycles. The number of nitrogens with zero attached hydrogens (tertiary/aromatic N) is 4. The first-order valence-corrected chi connectivity index (χ1v) is 8.55. The largest absolute Gasteiger partial charge is 0.398 e. The van der Waals surface area contributed by atoms with Crippen LogP contribution in [0.25, 0.3) is 0 Å². The maximum Gasteiger partial charge on any atom is 0.243 e. The monoisotopic (exact) mass is 371 g/mol. The zero-order valence-corrected chi connectivity index (χ0v) is 13.7. The van der Waals surface area contributed by atoms with Crippen LogP contribution in [0.1, 0.15) is 11.4 Å². The molecule has 2 N–H and O–H groups in total. The Labute approximate surface area is 130 Å². The van der Waals surface area contributed by atoms with Crippen molar-refractivity contribution < 1.29 is 8.42 Å². The Bertz CT molecular complexity index is 802. The van der Waals surface area contributed by atoms with Gasteiger partial charge in [0, 0.05) is 23.2 Å². The lowest BCUT2D eigenvalue weighted by Gasteiger charge is -2.27. The normalized spacial score (nSPS) is 15.9.